The van der Waals surface area contributed by atoms with Crippen molar-refractivity contribution in [2.75, 3.05) is 13.7 Å². The molecule has 0 unspecified atom stereocenters. The van der Waals surface area contributed by atoms with Crippen LogP contribution in [0.5, 0.6) is 5.75 Å². The number of aromatic nitrogens is 2. The molecule has 7 nitrogen and oxygen atoms in total. The predicted molar refractivity (Wildman–Crippen MR) is 161 cm³/mol. The van der Waals surface area contributed by atoms with Gasteiger partial charge in [-0.05, 0) is 49.2 Å². The zero-order valence-corrected chi connectivity index (χ0v) is 23.9. The van der Waals surface area contributed by atoms with E-state index in [1.54, 1.807) is 25.5 Å². The average Bonchev–Trinajstić information content (AvgIpc) is 3.49. The fourth-order valence-corrected chi connectivity index (χ4v) is 6.37. The van der Waals surface area contributed by atoms with E-state index in [4.69, 9.17) is 14.5 Å². The van der Waals surface area contributed by atoms with Gasteiger partial charge in [0.2, 0.25) is 0 Å². The van der Waals surface area contributed by atoms with Crippen LogP contribution in [0.3, 0.4) is 0 Å². The molecule has 0 N–H and O–H groups in total. The molecular weight excluding hydrogens is 534 g/mol. The van der Waals surface area contributed by atoms with E-state index in [1.165, 1.54) is 16.9 Å². The van der Waals surface area contributed by atoms with Gasteiger partial charge in [0.15, 0.2) is 4.80 Å². The van der Waals surface area contributed by atoms with Crippen LogP contribution in [0.4, 0.5) is 0 Å². The van der Waals surface area contributed by atoms with E-state index in [1.807, 2.05) is 60.7 Å². The molecule has 0 aliphatic carbocycles. The molecule has 0 fully saturated rings. The van der Waals surface area contributed by atoms with Crippen molar-refractivity contribution in [1.29, 1.82) is 0 Å². The lowest BCUT2D eigenvalue weighted by atomic mass is 9.96. The first kappa shape index (κ1) is 26.5. The average molecular weight is 564 g/mol. The number of carbonyl (C=O) groups is 1. The Bertz CT molecular complexity index is 1960. The standard InChI is InChI=1S/C33H29N3O4S/c1-4-40-32(38)29-21(2)34-33-36(30(29)23-14-16-25(39-3)17-15-23)31(37)28(41-33)18-24-20-35(19-22-10-6-5-7-11-22)27-13-9-8-12-26(24)27/h5-18,20,30H,4,19H2,1-3H3/b28-18-/t30-/m1/s1. The number of rotatable bonds is 7. The van der Waals surface area contributed by atoms with Crippen LogP contribution in [0, 0.1) is 0 Å². The molecule has 2 aromatic heterocycles. The lowest BCUT2D eigenvalue weighted by Gasteiger charge is -2.24. The molecule has 3 aromatic carbocycles. The number of carbonyl (C=O) groups excluding carboxylic acids is 1. The van der Waals surface area contributed by atoms with Crippen molar-refractivity contribution in [2.24, 2.45) is 4.99 Å². The van der Waals surface area contributed by atoms with Crippen LogP contribution < -0.4 is 19.6 Å². The Morgan fingerprint density at radius 2 is 1.76 bits per heavy atom. The Hall–Kier alpha value is -4.69. The van der Waals surface area contributed by atoms with Gasteiger partial charge in [0.05, 0.1) is 35.6 Å². The summed E-state index contributed by atoms with van der Waals surface area (Å²) in [6.07, 6.45) is 4.02. The number of allylic oxidation sites excluding steroid dienone is 1. The number of methoxy groups -OCH3 is 1. The Kier molecular flexibility index (Phi) is 7.15. The first-order chi connectivity index (χ1) is 20.0. The van der Waals surface area contributed by atoms with Gasteiger partial charge in [0.1, 0.15) is 5.75 Å². The van der Waals surface area contributed by atoms with Crippen LogP contribution in [0.2, 0.25) is 0 Å². The second kappa shape index (κ2) is 11.1. The van der Waals surface area contributed by atoms with Gasteiger partial charge in [-0.25, -0.2) is 9.79 Å². The van der Waals surface area contributed by atoms with E-state index in [0.717, 1.165) is 28.6 Å². The maximum absolute atomic E-state index is 14.1. The summed E-state index contributed by atoms with van der Waals surface area (Å²) in [5.74, 6) is 0.208. The molecule has 8 heteroatoms. The highest BCUT2D eigenvalue weighted by molar-refractivity contribution is 7.07. The molecule has 3 heterocycles. The van der Waals surface area contributed by atoms with Crippen LogP contribution >= 0.6 is 11.3 Å². The topological polar surface area (TPSA) is 74.8 Å². The number of hydrogen-bond acceptors (Lipinski definition) is 6. The third kappa shape index (κ3) is 4.91. The van der Waals surface area contributed by atoms with Gasteiger partial charge in [-0.2, -0.15) is 0 Å². The number of hydrogen-bond donors (Lipinski definition) is 0. The molecule has 41 heavy (non-hydrogen) atoms. The molecule has 0 amide bonds. The molecule has 6 rings (SSSR count). The summed E-state index contributed by atoms with van der Waals surface area (Å²) < 4.78 is 15.1. The number of fused-ring (bicyclic) bond motifs is 2. The van der Waals surface area contributed by atoms with Crippen molar-refractivity contribution >= 4 is 34.3 Å². The zero-order chi connectivity index (χ0) is 28.5. The highest BCUT2D eigenvalue weighted by Crippen LogP contribution is 2.31. The van der Waals surface area contributed by atoms with Crippen molar-refractivity contribution < 1.29 is 14.3 Å². The second-order valence-electron chi connectivity index (χ2n) is 9.79. The summed E-state index contributed by atoms with van der Waals surface area (Å²) in [4.78, 5) is 32.5. The Balaban J connectivity index is 1.51. The number of para-hydroxylation sites is 1. The SMILES string of the molecule is CCOC(=O)C1=C(C)N=c2s/c(=C\c3cn(Cc4ccccc4)c4ccccc34)c(=O)n2[C@@H]1c1ccc(OC)cc1. The van der Waals surface area contributed by atoms with Crippen molar-refractivity contribution in [3.05, 3.63) is 133 Å². The molecule has 0 saturated carbocycles. The molecule has 1 aliphatic rings. The minimum atomic E-state index is -0.669. The van der Waals surface area contributed by atoms with Crippen LogP contribution in [-0.2, 0) is 16.1 Å². The van der Waals surface area contributed by atoms with Gasteiger partial charge >= 0.3 is 5.97 Å². The number of nitrogens with zero attached hydrogens (tertiary/aromatic N) is 3. The maximum atomic E-state index is 14.1. The smallest absolute Gasteiger partial charge is 0.338 e. The van der Waals surface area contributed by atoms with Crippen molar-refractivity contribution in [3.63, 3.8) is 0 Å². The largest absolute Gasteiger partial charge is 0.497 e. The number of ether oxygens (including phenoxy) is 2. The van der Waals surface area contributed by atoms with Gasteiger partial charge < -0.3 is 14.0 Å². The molecule has 1 aliphatic heterocycles. The quantitative estimate of drug-likeness (QED) is 0.267. The van der Waals surface area contributed by atoms with Crippen molar-refractivity contribution in [3.8, 4) is 5.75 Å². The molecule has 0 saturated heterocycles. The number of benzene rings is 3. The van der Waals surface area contributed by atoms with E-state index in [-0.39, 0.29) is 12.2 Å². The first-order valence-electron chi connectivity index (χ1n) is 13.4. The summed E-state index contributed by atoms with van der Waals surface area (Å²) in [6.45, 7) is 4.50. The maximum Gasteiger partial charge on any atom is 0.338 e. The Morgan fingerprint density at radius 1 is 1.02 bits per heavy atom. The number of esters is 1. The summed E-state index contributed by atoms with van der Waals surface area (Å²) in [7, 11) is 1.60. The van der Waals surface area contributed by atoms with E-state index in [9.17, 15) is 9.59 Å². The van der Waals surface area contributed by atoms with Crippen LogP contribution in [0.15, 0.2) is 106 Å². The molecule has 5 aromatic rings. The van der Waals surface area contributed by atoms with Gasteiger partial charge in [0.25, 0.3) is 5.56 Å². The predicted octanol–water partition coefficient (Wildman–Crippen LogP) is 4.81. The van der Waals surface area contributed by atoms with E-state index >= 15 is 0 Å². The molecule has 1 atom stereocenters. The van der Waals surface area contributed by atoms with E-state index in [2.05, 4.69) is 35.0 Å². The lowest BCUT2D eigenvalue weighted by molar-refractivity contribution is -0.139. The fourth-order valence-electron chi connectivity index (χ4n) is 5.34. The lowest BCUT2D eigenvalue weighted by Crippen LogP contribution is -2.39. The first-order valence-corrected chi connectivity index (χ1v) is 14.3. The van der Waals surface area contributed by atoms with Crippen LogP contribution in [-0.4, -0.2) is 28.8 Å². The van der Waals surface area contributed by atoms with Gasteiger partial charge in [0, 0.05) is 29.2 Å². The third-order valence-electron chi connectivity index (χ3n) is 7.25. The summed E-state index contributed by atoms with van der Waals surface area (Å²) in [6, 6.07) is 25.2. The monoisotopic (exact) mass is 563 g/mol. The van der Waals surface area contributed by atoms with Gasteiger partial charge in [-0.3, -0.25) is 9.36 Å². The van der Waals surface area contributed by atoms with Crippen LogP contribution in [0.25, 0.3) is 17.0 Å². The van der Waals surface area contributed by atoms with Crippen molar-refractivity contribution in [2.45, 2.75) is 26.4 Å². The third-order valence-corrected chi connectivity index (χ3v) is 8.23. The summed E-state index contributed by atoms with van der Waals surface area (Å²) in [5.41, 5.74) is 4.70. The molecule has 0 spiro atoms. The summed E-state index contributed by atoms with van der Waals surface area (Å²) >= 11 is 1.32. The molecule has 0 radical (unpaired) electrons. The fraction of sp³-hybridized carbons (Fsp3) is 0.182. The molecule has 0 bridgehead atoms. The zero-order valence-electron chi connectivity index (χ0n) is 23.0. The molecular formula is C33H29N3O4S. The second-order valence-corrected chi connectivity index (χ2v) is 10.8. The Morgan fingerprint density at radius 3 is 2.49 bits per heavy atom. The van der Waals surface area contributed by atoms with Crippen molar-refractivity contribution in [1.82, 2.24) is 9.13 Å². The summed E-state index contributed by atoms with van der Waals surface area (Å²) in [5, 5.41) is 1.06. The minimum absolute atomic E-state index is 0.205. The minimum Gasteiger partial charge on any atom is -0.497 e. The number of thiazole rings is 1. The van der Waals surface area contributed by atoms with E-state index < -0.39 is 12.0 Å². The van der Waals surface area contributed by atoms with Crippen LogP contribution in [0.1, 0.15) is 36.6 Å². The Labute approximate surface area is 240 Å². The highest BCUT2D eigenvalue weighted by atomic mass is 32.1. The molecule has 206 valence electrons. The van der Waals surface area contributed by atoms with Gasteiger partial charge in [-0.15, -0.1) is 0 Å². The van der Waals surface area contributed by atoms with Gasteiger partial charge in [-0.1, -0.05) is 72.0 Å². The normalized spacial score (nSPS) is 15.1. The highest BCUT2D eigenvalue weighted by Gasteiger charge is 2.33. The van der Waals surface area contributed by atoms with E-state index in [0.29, 0.717) is 26.4 Å².